The average Bonchev–Trinajstić information content (AvgIpc) is 2.86. The lowest BCUT2D eigenvalue weighted by Crippen LogP contribution is -2.35. The summed E-state index contributed by atoms with van der Waals surface area (Å²) in [7, 11) is 1.83. The van der Waals surface area contributed by atoms with E-state index in [0.29, 0.717) is 23.9 Å². The zero-order valence-corrected chi connectivity index (χ0v) is 12.4. The van der Waals surface area contributed by atoms with Crippen LogP contribution in [0.4, 0.5) is 0 Å². The van der Waals surface area contributed by atoms with Crippen molar-refractivity contribution in [2.24, 2.45) is 18.9 Å². The average molecular weight is 279 g/mol. The predicted octanol–water partition coefficient (Wildman–Crippen LogP) is 1.51. The zero-order valence-electron chi connectivity index (χ0n) is 12.4. The van der Waals surface area contributed by atoms with E-state index in [2.05, 4.69) is 10.4 Å². The van der Waals surface area contributed by atoms with Crippen molar-refractivity contribution in [1.82, 2.24) is 15.1 Å². The third-order valence-corrected chi connectivity index (χ3v) is 4.31. The summed E-state index contributed by atoms with van der Waals surface area (Å²) >= 11 is 0. The molecule has 0 bridgehead atoms. The minimum atomic E-state index is -0.0442. The van der Waals surface area contributed by atoms with Crippen molar-refractivity contribution in [1.29, 1.82) is 0 Å². The van der Waals surface area contributed by atoms with E-state index < -0.39 is 0 Å². The Morgan fingerprint density at radius 3 is 2.80 bits per heavy atom. The fourth-order valence-electron chi connectivity index (χ4n) is 3.10. The summed E-state index contributed by atoms with van der Waals surface area (Å²) in [5.41, 5.74) is 1.51. The van der Waals surface area contributed by atoms with Gasteiger partial charge in [0.25, 0.3) is 5.91 Å². The van der Waals surface area contributed by atoms with Crippen molar-refractivity contribution in [2.45, 2.75) is 39.0 Å². The molecule has 0 spiro atoms. The van der Waals surface area contributed by atoms with Crippen molar-refractivity contribution >= 4 is 5.91 Å². The number of carbonyl (C=O) groups is 1. The molecule has 5 nitrogen and oxygen atoms in total. The van der Waals surface area contributed by atoms with Crippen LogP contribution in [-0.2, 0) is 13.5 Å². The van der Waals surface area contributed by atoms with Gasteiger partial charge in [0.15, 0.2) is 0 Å². The highest BCUT2D eigenvalue weighted by molar-refractivity contribution is 5.95. The first-order chi connectivity index (χ1) is 9.65. The molecule has 2 rings (SSSR count). The molecular weight excluding hydrogens is 254 g/mol. The monoisotopic (exact) mass is 279 g/mol. The Morgan fingerprint density at radius 2 is 2.15 bits per heavy atom. The Bertz CT molecular complexity index is 456. The van der Waals surface area contributed by atoms with Crippen LogP contribution in [0.2, 0.25) is 0 Å². The summed E-state index contributed by atoms with van der Waals surface area (Å²) in [4.78, 5) is 12.2. The van der Waals surface area contributed by atoms with Gasteiger partial charge in [-0.3, -0.25) is 9.48 Å². The quantitative estimate of drug-likeness (QED) is 0.858. The lowest BCUT2D eigenvalue weighted by atomic mass is 9.79. The Hall–Kier alpha value is -1.36. The maximum atomic E-state index is 12.2. The van der Waals surface area contributed by atoms with Gasteiger partial charge in [0.1, 0.15) is 0 Å². The summed E-state index contributed by atoms with van der Waals surface area (Å²) < 4.78 is 1.69. The number of nitrogens with one attached hydrogen (secondary N) is 1. The molecule has 0 aromatic carbocycles. The van der Waals surface area contributed by atoms with Crippen LogP contribution < -0.4 is 5.32 Å². The summed E-state index contributed by atoms with van der Waals surface area (Å²) in [6, 6.07) is 0. The van der Waals surface area contributed by atoms with Crippen LogP contribution in [0, 0.1) is 11.8 Å². The molecule has 1 amide bonds. The van der Waals surface area contributed by atoms with Crippen LogP contribution in [-0.4, -0.2) is 33.9 Å². The standard InChI is InChI=1S/C15H25N3O2/c1-3-14-13(9-18(2)17-14)15(20)16-8-11-6-4-5-7-12(11)10-19/h9,11-12,19H,3-8,10H2,1-2H3,(H,16,20). The second kappa shape index (κ2) is 6.88. The van der Waals surface area contributed by atoms with Crippen LogP contribution in [0.25, 0.3) is 0 Å². The molecule has 0 saturated heterocycles. The van der Waals surface area contributed by atoms with E-state index in [1.54, 1.807) is 10.9 Å². The molecule has 0 radical (unpaired) electrons. The largest absolute Gasteiger partial charge is 0.396 e. The lowest BCUT2D eigenvalue weighted by Gasteiger charge is -2.30. The molecule has 0 aliphatic heterocycles. The van der Waals surface area contributed by atoms with E-state index in [1.807, 2.05) is 14.0 Å². The summed E-state index contributed by atoms with van der Waals surface area (Å²) in [6.45, 7) is 2.89. The van der Waals surface area contributed by atoms with Gasteiger partial charge in [-0.2, -0.15) is 5.10 Å². The zero-order chi connectivity index (χ0) is 14.5. The van der Waals surface area contributed by atoms with Crippen molar-refractivity contribution in [3.8, 4) is 0 Å². The molecule has 1 aromatic heterocycles. The van der Waals surface area contributed by atoms with E-state index >= 15 is 0 Å². The van der Waals surface area contributed by atoms with Gasteiger partial charge in [-0.05, 0) is 31.1 Å². The predicted molar refractivity (Wildman–Crippen MR) is 77.5 cm³/mol. The number of rotatable bonds is 5. The molecule has 2 N–H and O–H groups in total. The Morgan fingerprint density at radius 1 is 1.45 bits per heavy atom. The maximum Gasteiger partial charge on any atom is 0.254 e. The van der Waals surface area contributed by atoms with E-state index in [1.165, 1.54) is 12.8 Å². The Balaban J connectivity index is 1.94. The van der Waals surface area contributed by atoms with Crippen LogP contribution in [0.1, 0.15) is 48.7 Å². The topological polar surface area (TPSA) is 67.2 Å². The Labute approximate surface area is 120 Å². The molecule has 5 heteroatoms. The Kier molecular flexibility index (Phi) is 5.17. The second-order valence-electron chi connectivity index (χ2n) is 5.71. The number of nitrogens with zero attached hydrogens (tertiary/aromatic N) is 2. The molecule has 1 aliphatic rings. The van der Waals surface area contributed by atoms with Crippen molar-refractivity contribution in [3.63, 3.8) is 0 Å². The van der Waals surface area contributed by atoms with Gasteiger partial charge in [0, 0.05) is 26.4 Å². The van der Waals surface area contributed by atoms with Gasteiger partial charge in [-0.25, -0.2) is 0 Å². The van der Waals surface area contributed by atoms with E-state index in [-0.39, 0.29) is 12.5 Å². The first kappa shape index (κ1) is 15.0. The summed E-state index contributed by atoms with van der Waals surface area (Å²) in [5, 5.41) is 16.7. The number of aliphatic hydroxyl groups excluding tert-OH is 1. The molecule has 20 heavy (non-hydrogen) atoms. The molecule has 1 fully saturated rings. The summed E-state index contributed by atoms with van der Waals surface area (Å²) in [6.07, 6.45) is 7.09. The molecule has 1 aromatic rings. The highest BCUT2D eigenvalue weighted by atomic mass is 16.3. The molecule has 2 atom stereocenters. The molecular formula is C15H25N3O2. The van der Waals surface area contributed by atoms with Gasteiger partial charge < -0.3 is 10.4 Å². The van der Waals surface area contributed by atoms with Gasteiger partial charge in [0.2, 0.25) is 0 Å². The van der Waals surface area contributed by atoms with Crippen LogP contribution >= 0.6 is 0 Å². The number of aliphatic hydroxyl groups is 1. The minimum absolute atomic E-state index is 0.0442. The third kappa shape index (κ3) is 3.39. The molecule has 1 saturated carbocycles. The first-order valence-corrected chi connectivity index (χ1v) is 7.57. The highest BCUT2D eigenvalue weighted by Crippen LogP contribution is 2.29. The van der Waals surface area contributed by atoms with Crippen LogP contribution in [0.15, 0.2) is 6.20 Å². The smallest absolute Gasteiger partial charge is 0.254 e. The molecule has 1 aliphatic carbocycles. The number of hydrogen-bond acceptors (Lipinski definition) is 3. The number of aryl methyl sites for hydroxylation is 2. The van der Waals surface area contributed by atoms with Crippen LogP contribution in [0.5, 0.6) is 0 Å². The first-order valence-electron chi connectivity index (χ1n) is 7.57. The van der Waals surface area contributed by atoms with Crippen LogP contribution in [0.3, 0.4) is 0 Å². The molecule has 112 valence electrons. The van der Waals surface area contributed by atoms with E-state index in [9.17, 15) is 9.90 Å². The number of amides is 1. The number of hydrogen-bond donors (Lipinski definition) is 2. The highest BCUT2D eigenvalue weighted by Gasteiger charge is 2.25. The van der Waals surface area contributed by atoms with Gasteiger partial charge in [-0.1, -0.05) is 19.8 Å². The normalized spacial score (nSPS) is 22.8. The fourth-order valence-corrected chi connectivity index (χ4v) is 3.10. The number of carbonyl (C=O) groups excluding carboxylic acids is 1. The second-order valence-corrected chi connectivity index (χ2v) is 5.71. The van der Waals surface area contributed by atoms with Crippen molar-refractivity contribution in [2.75, 3.05) is 13.2 Å². The minimum Gasteiger partial charge on any atom is -0.396 e. The fraction of sp³-hybridized carbons (Fsp3) is 0.733. The van der Waals surface area contributed by atoms with E-state index in [0.717, 1.165) is 25.0 Å². The van der Waals surface area contributed by atoms with Gasteiger partial charge in [0.05, 0.1) is 11.3 Å². The maximum absolute atomic E-state index is 12.2. The van der Waals surface area contributed by atoms with Crippen molar-refractivity contribution in [3.05, 3.63) is 17.5 Å². The molecule has 1 heterocycles. The van der Waals surface area contributed by atoms with Gasteiger partial charge in [-0.15, -0.1) is 0 Å². The lowest BCUT2D eigenvalue weighted by molar-refractivity contribution is 0.0908. The van der Waals surface area contributed by atoms with Gasteiger partial charge >= 0.3 is 0 Å². The SMILES string of the molecule is CCc1nn(C)cc1C(=O)NCC1CCCCC1CO. The number of aromatic nitrogens is 2. The summed E-state index contributed by atoms with van der Waals surface area (Å²) in [5.74, 6) is 0.695. The third-order valence-electron chi connectivity index (χ3n) is 4.31. The molecule has 2 unspecified atom stereocenters. The van der Waals surface area contributed by atoms with Crippen molar-refractivity contribution < 1.29 is 9.90 Å². The van der Waals surface area contributed by atoms with E-state index in [4.69, 9.17) is 0 Å².